The van der Waals surface area contributed by atoms with Crippen molar-refractivity contribution < 1.29 is 35.8 Å². The summed E-state index contributed by atoms with van der Waals surface area (Å²) in [6, 6.07) is -0.285. The lowest BCUT2D eigenvalue weighted by Crippen LogP contribution is -3.00. The molecule has 0 saturated carbocycles. The number of nitrogens with zero attached hydrogens (tertiary/aromatic N) is 2. The van der Waals surface area contributed by atoms with Crippen molar-refractivity contribution in [3.8, 4) is 0 Å². The van der Waals surface area contributed by atoms with Gasteiger partial charge in [-0.05, 0) is 0 Å². The highest BCUT2D eigenvalue weighted by atomic mass is 79.9. The maximum atomic E-state index is 11.0. The maximum Gasteiger partial charge on any atom is 0.179 e. The van der Waals surface area contributed by atoms with Gasteiger partial charge >= 0.3 is 0 Å². The standard InChI is InChI=1S/C9H17N2O2.2BrH/c1-10-3-5-11(2,6-4-10)8(7-10)9(12)13;;/h8H,3-7H2,1-2H3;2*1H/q+1;;/p-1. The van der Waals surface area contributed by atoms with Gasteiger partial charge in [-0.25, -0.2) is 0 Å². The number of carbonyl (C=O) groups is 1. The minimum absolute atomic E-state index is 0. The molecular weight excluding hydrogens is 328 g/mol. The van der Waals surface area contributed by atoms with Crippen LogP contribution in [0.2, 0.25) is 0 Å². The number of carboxylic acids is 1. The molecule has 3 heterocycles. The third-order valence-corrected chi connectivity index (χ3v) is 3.94. The summed E-state index contributed by atoms with van der Waals surface area (Å²) in [5.41, 5.74) is 0. The molecule has 0 amide bonds. The van der Waals surface area contributed by atoms with Gasteiger partial charge in [-0.1, -0.05) is 0 Å². The largest absolute Gasteiger partial charge is 1.00 e. The predicted molar refractivity (Wildman–Crippen MR) is 55.8 cm³/mol. The van der Waals surface area contributed by atoms with Gasteiger partial charge in [0.15, 0.2) is 6.04 Å². The molecule has 3 aliphatic heterocycles. The summed E-state index contributed by atoms with van der Waals surface area (Å²) >= 11 is 0. The van der Waals surface area contributed by atoms with Crippen LogP contribution in [-0.2, 0) is 4.79 Å². The van der Waals surface area contributed by atoms with Crippen LogP contribution in [0.1, 0.15) is 0 Å². The van der Waals surface area contributed by atoms with E-state index in [1.807, 2.05) is 7.05 Å². The Morgan fingerprint density at radius 3 is 2.00 bits per heavy atom. The molecule has 3 rings (SSSR count). The van der Waals surface area contributed by atoms with Crippen LogP contribution in [0.25, 0.3) is 0 Å². The molecule has 0 aromatic carbocycles. The van der Waals surface area contributed by atoms with E-state index in [0.29, 0.717) is 4.48 Å². The van der Waals surface area contributed by atoms with Gasteiger partial charge in [0, 0.05) is 0 Å². The Balaban J connectivity index is 0.000000980. The van der Waals surface area contributed by atoms with E-state index < -0.39 is 5.97 Å². The highest BCUT2D eigenvalue weighted by Crippen LogP contribution is 2.27. The van der Waals surface area contributed by atoms with Crippen molar-refractivity contribution in [2.24, 2.45) is 0 Å². The van der Waals surface area contributed by atoms with Crippen LogP contribution < -0.4 is 22.1 Å². The van der Waals surface area contributed by atoms with Crippen molar-refractivity contribution in [1.82, 2.24) is 0 Å². The van der Waals surface area contributed by atoms with Crippen LogP contribution in [-0.4, -0.2) is 67.8 Å². The minimum atomic E-state index is -0.869. The van der Waals surface area contributed by atoms with Crippen molar-refractivity contribution in [2.45, 2.75) is 6.04 Å². The second-order valence-corrected chi connectivity index (χ2v) is 5.01. The Bertz CT molecular complexity index is 252. The smallest absolute Gasteiger partial charge is 0.179 e. The molecule has 15 heavy (non-hydrogen) atoms. The minimum Gasteiger partial charge on any atom is -1.00 e. The fourth-order valence-corrected chi connectivity index (χ4v) is 2.60. The van der Waals surface area contributed by atoms with E-state index in [-0.39, 0.29) is 40.0 Å². The lowest BCUT2D eigenvalue weighted by molar-refractivity contribution is -1.08. The number of carboxylic acid groups (broad SMARTS) is 1. The summed E-state index contributed by atoms with van der Waals surface area (Å²) in [6.45, 7) is 4.93. The van der Waals surface area contributed by atoms with Crippen LogP contribution in [0, 0.1) is 0 Å². The van der Waals surface area contributed by atoms with E-state index in [9.17, 15) is 9.90 Å². The number of carbonyl (C=O) groups excluding carboxylic acids is 1. The fraction of sp³-hybridized carbons (Fsp3) is 0.889. The number of aliphatic carboxylic acids is 1. The number of hydrogen-bond donors (Lipinski definition) is 0. The van der Waals surface area contributed by atoms with Crippen molar-refractivity contribution in [2.75, 3.05) is 46.8 Å². The molecule has 4 nitrogen and oxygen atoms in total. The van der Waals surface area contributed by atoms with E-state index >= 15 is 0 Å². The number of likely N-dealkylation sites (N-methyl/N-ethyl adjacent to an activating group) is 2. The number of hydrogen-bond acceptors (Lipinski definition) is 2. The first-order valence-corrected chi connectivity index (χ1v) is 4.84. The molecule has 0 radical (unpaired) electrons. The van der Waals surface area contributed by atoms with Gasteiger partial charge < -0.3 is 35.8 Å². The fourth-order valence-electron chi connectivity index (χ4n) is 2.60. The SMILES string of the molecule is Br.C[N+]12CC[N+](C)(CC1)C(C(=O)[O-])C2.[Br-]. The highest BCUT2D eigenvalue weighted by Gasteiger charge is 2.51. The van der Waals surface area contributed by atoms with Gasteiger partial charge in [0.25, 0.3) is 0 Å². The van der Waals surface area contributed by atoms with Gasteiger partial charge in [0.05, 0.1) is 14.1 Å². The summed E-state index contributed by atoms with van der Waals surface area (Å²) in [4.78, 5) is 11.0. The molecule has 0 aromatic rings. The Kier molecular flexibility index (Phi) is 4.80. The molecule has 3 fully saturated rings. The molecular formula is C9H18Br2N2O2. The molecule has 0 spiro atoms. The highest BCUT2D eigenvalue weighted by molar-refractivity contribution is 8.93. The van der Waals surface area contributed by atoms with Crippen LogP contribution in [0.4, 0.5) is 0 Å². The maximum absolute atomic E-state index is 11.0. The average Bonchev–Trinajstić information content (AvgIpc) is 2.07. The average molecular weight is 346 g/mol. The van der Waals surface area contributed by atoms with E-state index in [1.165, 1.54) is 0 Å². The molecule has 3 aliphatic rings. The second kappa shape index (κ2) is 4.69. The van der Waals surface area contributed by atoms with Crippen molar-refractivity contribution in [3.05, 3.63) is 0 Å². The number of fused-ring (bicyclic) bond motifs is 3. The molecule has 2 bridgehead atoms. The first-order chi connectivity index (χ1) is 5.95. The summed E-state index contributed by atoms with van der Waals surface area (Å²) in [5.74, 6) is -0.869. The molecule has 90 valence electrons. The van der Waals surface area contributed by atoms with Crippen molar-refractivity contribution in [3.63, 3.8) is 0 Å². The first-order valence-electron chi connectivity index (χ1n) is 4.84. The molecule has 0 aromatic heterocycles. The topological polar surface area (TPSA) is 40.1 Å². The summed E-state index contributed by atoms with van der Waals surface area (Å²) in [7, 11) is 4.20. The first kappa shape index (κ1) is 15.3. The quantitative estimate of drug-likeness (QED) is 0.450. The van der Waals surface area contributed by atoms with Crippen LogP contribution in [0.15, 0.2) is 0 Å². The lowest BCUT2D eigenvalue weighted by Gasteiger charge is -2.56. The molecule has 0 aliphatic carbocycles. The van der Waals surface area contributed by atoms with Crippen LogP contribution >= 0.6 is 17.0 Å². The number of halogens is 2. The predicted octanol–water partition coefficient (Wildman–Crippen LogP) is -4.39. The molecule has 1 atom stereocenters. The molecule has 3 saturated heterocycles. The van der Waals surface area contributed by atoms with Gasteiger partial charge in [-0.3, -0.25) is 0 Å². The van der Waals surface area contributed by atoms with Crippen LogP contribution in [0.3, 0.4) is 0 Å². The van der Waals surface area contributed by atoms with E-state index in [0.717, 1.165) is 37.2 Å². The third-order valence-electron chi connectivity index (χ3n) is 3.94. The summed E-state index contributed by atoms with van der Waals surface area (Å²) in [5, 5.41) is 11.0. The summed E-state index contributed by atoms with van der Waals surface area (Å²) in [6.07, 6.45) is 0. The lowest BCUT2D eigenvalue weighted by atomic mass is 10.0. The van der Waals surface area contributed by atoms with Gasteiger partial charge in [-0.2, -0.15) is 0 Å². The Hall–Kier alpha value is 0.350. The van der Waals surface area contributed by atoms with E-state index in [2.05, 4.69) is 7.05 Å². The monoisotopic (exact) mass is 344 g/mol. The Labute approximate surface area is 112 Å². The zero-order valence-electron chi connectivity index (χ0n) is 9.11. The van der Waals surface area contributed by atoms with E-state index in [4.69, 9.17) is 0 Å². The second-order valence-electron chi connectivity index (χ2n) is 5.01. The van der Waals surface area contributed by atoms with Crippen LogP contribution in [0.5, 0.6) is 0 Å². The number of rotatable bonds is 1. The normalized spacial score (nSPS) is 42.7. The third kappa shape index (κ3) is 2.54. The molecule has 0 N–H and O–H groups in total. The zero-order chi connectivity index (χ0) is 9.69. The van der Waals surface area contributed by atoms with Gasteiger partial charge in [-0.15, -0.1) is 17.0 Å². The van der Waals surface area contributed by atoms with Crippen molar-refractivity contribution in [1.29, 1.82) is 0 Å². The Morgan fingerprint density at radius 2 is 1.67 bits per heavy atom. The van der Waals surface area contributed by atoms with Gasteiger partial charge in [0.2, 0.25) is 0 Å². The van der Waals surface area contributed by atoms with Crippen molar-refractivity contribution >= 4 is 23.0 Å². The zero-order valence-corrected chi connectivity index (χ0v) is 12.4. The molecule has 6 heteroatoms. The number of quaternary nitrogens is 2. The Morgan fingerprint density at radius 1 is 1.20 bits per heavy atom. The van der Waals surface area contributed by atoms with Gasteiger partial charge in [0.1, 0.15) is 38.7 Å². The van der Waals surface area contributed by atoms with E-state index in [1.54, 1.807) is 0 Å². The number of piperazine rings is 3. The summed E-state index contributed by atoms with van der Waals surface area (Å²) < 4.78 is 1.61. The molecule has 1 unspecified atom stereocenters.